The SMILES string of the molecule is COc1cccc(NC(=O)[C@@H](C)OC(=O)c2ccc(C3SCCS3)cc2)c1. The Morgan fingerprint density at radius 3 is 2.48 bits per heavy atom. The van der Waals surface area contributed by atoms with E-state index in [0.717, 1.165) is 11.5 Å². The minimum absolute atomic E-state index is 0.396. The molecule has 1 N–H and O–H groups in total. The molecule has 1 heterocycles. The van der Waals surface area contributed by atoms with Crippen LogP contribution in [0.2, 0.25) is 0 Å². The Morgan fingerprint density at radius 1 is 1.11 bits per heavy atom. The van der Waals surface area contributed by atoms with Crippen LogP contribution in [0.3, 0.4) is 0 Å². The molecule has 2 aromatic carbocycles. The van der Waals surface area contributed by atoms with Crippen molar-refractivity contribution in [2.24, 2.45) is 0 Å². The van der Waals surface area contributed by atoms with Gasteiger partial charge in [-0.2, -0.15) is 0 Å². The third-order valence-electron chi connectivity index (χ3n) is 4.03. The number of benzene rings is 2. The van der Waals surface area contributed by atoms with Crippen LogP contribution in [0.15, 0.2) is 48.5 Å². The zero-order chi connectivity index (χ0) is 19.2. The second-order valence-electron chi connectivity index (χ2n) is 5.96. The van der Waals surface area contributed by atoms with Gasteiger partial charge >= 0.3 is 5.97 Å². The summed E-state index contributed by atoms with van der Waals surface area (Å²) in [5, 5.41) is 2.72. The second-order valence-corrected chi connectivity index (χ2v) is 8.69. The highest BCUT2D eigenvalue weighted by Crippen LogP contribution is 2.45. The van der Waals surface area contributed by atoms with Crippen LogP contribution in [0.4, 0.5) is 5.69 Å². The molecule has 0 radical (unpaired) electrons. The number of rotatable bonds is 6. The summed E-state index contributed by atoms with van der Waals surface area (Å²) in [6, 6.07) is 14.4. The summed E-state index contributed by atoms with van der Waals surface area (Å²) in [6.07, 6.45) is -0.913. The Morgan fingerprint density at radius 2 is 1.81 bits per heavy atom. The van der Waals surface area contributed by atoms with E-state index >= 15 is 0 Å². The number of ether oxygens (including phenoxy) is 2. The molecule has 1 fully saturated rings. The van der Waals surface area contributed by atoms with Crippen LogP contribution in [0.1, 0.15) is 27.4 Å². The van der Waals surface area contributed by atoms with Gasteiger partial charge in [0, 0.05) is 23.3 Å². The lowest BCUT2D eigenvalue weighted by Gasteiger charge is -2.14. The van der Waals surface area contributed by atoms with Gasteiger partial charge < -0.3 is 14.8 Å². The quantitative estimate of drug-likeness (QED) is 0.723. The fourth-order valence-electron chi connectivity index (χ4n) is 2.55. The standard InChI is InChI=1S/C20H21NO4S2/c1-13(18(22)21-16-4-3-5-17(12-16)24-2)25-19(23)14-6-8-15(9-7-14)20-26-10-11-27-20/h3-9,12-13,20H,10-11H2,1-2H3,(H,21,22)/t13-/m1/s1. The van der Waals surface area contributed by atoms with E-state index < -0.39 is 18.0 Å². The van der Waals surface area contributed by atoms with E-state index in [9.17, 15) is 9.59 Å². The largest absolute Gasteiger partial charge is 0.497 e. The Kier molecular flexibility index (Phi) is 6.68. The highest BCUT2D eigenvalue weighted by Gasteiger charge is 2.21. The van der Waals surface area contributed by atoms with Crippen LogP contribution >= 0.6 is 23.5 Å². The number of methoxy groups -OCH3 is 1. The summed E-state index contributed by atoms with van der Waals surface area (Å²) in [6.45, 7) is 1.55. The van der Waals surface area contributed by atoms with Gasteiger partial charge in [0.15, 0.2) is 6.10 Å². The van der Waals surface area contributed by atoms with Crippen molar-refractivity contribution in [3.05, 3.63) is 59.7 Å². The second kappa shape index (κ2) is 9.19. The van der Waals surface area contributed by atoms with Gasteiger partial charge in [0.05, 0.1) is 17.3 Å². The third-order valence-corrected chi connectivity index (χ3v) is 7.14. The number of nitrogens with one attached hydrogen (secondary N) is 1. The average molecular weight is 404 g/mol. The van der Waals surface area contributed by atoms with Crippen molar-refractivity contribution >= 4 is 41.1 Å². The molecule has 7 heteroatoms. The van der Waals surface area contributed by atoms with Gasteiger partial charge in [-0.15, -0.1) is 23.5 Å². The molecule has 3 rings (SSSR count). The van der Waals surface area contributed by atoms with Crippen molar-refractivity contribution in [1.29, 1.82) is 0 Å². The normalized spacial score (nSPS) is 15.2. The van der Waals surface area contributed by atoms with E-state index in [2.05, 4.69) is 5.32 Å². The number of carbonyl (C=O) groups excluding carboxylic acids is 2. The van der Waals surface area contributed by atoms with Crippen LogP contribution in [0.5, 0.6) is 5.75 Å². The molecular weight excluding hydrogens is 382 g/mol. The van der Waals surface area contributed by atoms with Crippen molar-refractivity contribution in [3.8, 4) is 5.75 Å². The first kappa shape index (κ1) is 19.6. The molecule has 0 spiro atoms. The number of hydrogen-bond acceptors (Lipinski definition) is 6. The summed E-state index contributed by atoms with van der Waals surface area (Å²) < 4.78 is 10.9. The molecule has 1 amide bonds. The minimum atomic E-state index is -0.913. The van der Waals surface area contributed by atoms with E-state index in [1.807, 2.05) is 35.7 Å². The summed E-state index contributed by atoms with van der Waals surface area (Å²) >= 11 is 3.83. The number of anilines is 1. The van der Waals surface area contributed by atoms with E-state index in [0.29, 0.717) is 21.6 Å². The van der Waals surface area contributed by atoms with Crippen molar-refractivity contribution in [3.63, 3.8) is 0 Å². The van der Waals surface area contributed by atoms with Crippen molar-refractivity contribution in [2.45, 2.75) is 17.6 Å². The van der Waals surface area contributed by atoms with Gasteiger partial charge in [0.25, 0.3) is 5.91 Å². The maximum absolute atomic E-state index is 12.3. The molecule has 0 bridgehead atoms. The molecule has 5 nitrogen and oxygen atoms in total. The molecule has 142 valence electrons. The van der Waals surface area contributed by atoms with Gasteiger partial charge in [-0.3, -0.25) is 4.79 Å². The molecule has 2 aromatic rings. The molecule has 0 aliphatic carbocycles. The molecule has 1 atom stereocenters. The highest BCUT2D eigenvalue weighted by molar-refractivity contribution is 8.19. The third kappa shape index (κ3) is 5.20. The smallest absolute Gasteiger partial charge is 0.338 e. The van der Waals surface area contributed by atoms with Gasteiger partial charge in [-0.05, 0) is 36.8 Å². The topological polar surface area (TPSA) is 64.6 Å². The number of hydrogen-bond donors (Lipinski definition) is 1. The maximum Gasteiger partial charge on any atom is 0.338 e. The number of carbonyl (C=O) groups is 2. The fourth-order valence-corrected chi connectivity index (χ4v) is 5.41. The van der Waals surface area contributed by atoms with E-state index in [1.54, 1.807) is 50.4 Å². The summed E-state index contributed by atoms with van der Waals surface area (Å²) in [5.41, 5.74) is 2.22. The lowest BCUT2D eigenvalue weighted by molar-refractivity contribution is -0.123. The molecule has 1 aliphatic rings. The van der Waals surface area contributed by atoms with E-state index in [4.69, 9.17) is 9.47 Å². The van der Waals surface area contributed by atoms with Crippen LogP contribution in [0.25, 0.3) is 0 Å². The maximum atomic E-state index is 12.3. The molecule has 1 aliphatic heterocycles. The van der Waals surface area contributed by atoms with Crippen LogP contribution in [0, 0.1) is 0 Å². The minimum Gasteiger partial charge on any atom is -0.497 e. The van der Waals surface area contributed by atoms with Crippen LogP contribution in [-0.4, -0.2) is 36.6 Å². The lowest BCUT2D eigenvalue weighted by atomic mass is 10.1. The number of amides is 1. The first-order valence-corrected chi connectivity index (χ1v) is 10.7. The van der Waals surface area contributed by atoms with Gasteiger partial charge in [-0.1, -0.05) is 18.2 Å². The molecule has 1 saturated heterocycles. The zero-order valence-corrected chi connectivity index (χ0v) is 16.8. The van der Waals surface area contributed by atoms with E-state index in [1.165, 1.54) is 5.56 Å². The van der Waals surface area contributed by atoms with Crippen molar-refractivity contribution < 1.29 is 19.1 Å². The van der Waals surface area contributed by atoms with E-state index in [-0.39, 0.29) is 0 Å². The number of thioether (sulfide) groups is 2. The summed E-state index contributed by atoms with van der Waals surface area (Å²) in [5.74, 6) is 2.03. The zero-order valence-electron chi connectivity index (χ0n) is 15.1. The number of esters is 1. The predicted octanol–water partition coefficient (Wildman–Crippen LogP) is 4.36. The first-order chi connectivity index (χ1) is 13.1. The van der Waals surface area contributed by atoms with Crippen molar-refractivity contribution in [2.75, 3.05) is 23.9 Å². The Hall–Kier alpha value is -2.12. The van der Waals surface area contributed by atoms with Gasteiger partial charge in [0.1, 0.15) is 5.75 Å². The summed E-state index contributed by atoms with van der Waals surface area (Å²) in [4.78, 5) is 24.6. The lowest BCUT2D eigenvalue weighted by Crippen LogP contribution is -2.30. The summed E-state index contributed by atoms with van der Waals surface area (Å²) in [7, 11) is 1.56. The average Bonchev–Trinajstić information content (AvgIpc) is 3.23. The Balaban J connectivity index is 1.56. The molecule has 0 unspecified atom stereocenters. The van der Waals surface area contributed by atoms with Crippen LogP contribution < -0.4 is 10.1 Å². The molecule has 0 saturated carbocycles. The van der Waals surface area contributed by atoms with Crippen LogP contribution in [-0.2, 0) is 9.53 Å². The van der Waals surface area contributed by atoms with Gasteiger partial charge in [-0.25, -0.2) is 4.79 Å². The highest BCUT2D eigenvalue weighted by atomic mass is 32.2. The Labute approximate surface area is 167 Å². The first-order valence-electron chi connectivity index (χ1n) is 8.56. The van der Waals surface area contributed by atoms with Gasteiger partial charge in [0.2, 0.25) is 0 Å². The molecule has 0 aromatic heterocycles. The monoisotopic (exact) mass is 403 g/mol. The molecule has 27 heavy (non-hydrogen) atoms. The molecular formula is C20H21NO4S2. The Bertz CT molecular complexity index is 804. The predicted molar refractivity (Wildman–Crippen MR) is 111 cm³/mol. The van der Waals surface area contributed by atoms with Crippen molar-refractivity contribution in [1.82, 2.24) is 0 Å². The fraction of sp³-hybridized carbons (Fsp3) is 0.300.